The molecule has 0 amide bonds. The van der Waals surface area contributed by atoms with Crippen LogP contribution in [0.15, 0.2) is 5.22 Å². The van der Waals surface area contributed by atoms with Crippen LogP contribution in [0.25, 0.3) is 10.4 Å². The fraction of sp³-hybridized carbons (Fsp3) is 0.857. The van der Waals surface area contributed by atoms with E-state index in [0.29, 0.717) is 19.4 Å². The van der Waals surface area contributed by atoms with Gasteiger partial charge in [-0.25, -0.2) is 0 Å². The number of unbranched alkanes of at least 4 members (excludes halogenated alkanes) is 1. The molecule has 4 N–H and O–H groups in total. The molecule has 0 radical (unpaired) electrons. The number of nitrogens with one attached hydrogen (secondary N) is 1. The molecule has 0 aliphatic heterocycles. The molecular weight excluding hydrogens is 186 g/mol. The summed E-state index contributed by atoms with van der Waals surface area (Å²) in [6.45, 7) is 0.538. The van der Waals surface area contributed by atoms with E-state index in [4.69, 9.17) is 16.4 Å². The molecule has 0 saturated heterocycles. The number of nitrogens with zero attached hydrogens (tertiary/aromatic N) is 3. The van der Waals surface area contributed by atoms with Gasteiger partial charge in [-0.15, -0.1) is 5.53 Å². The minimum atomic E-state index is -0.983. The zero-order chi connectivity index (χ0) is 10.1. The Morgan fingerprint density at radius 1 is 1.64 bits per heavy atom. The van der Waals surface area contributed by atoms with E-state index < -0.39 is 12.0 Å². The Labute approximate surface area is 82.9 Å². The van der Waals surface area contributed by atoms with Crippen molar-refractivity contribution < 1.29 is 9.90 Å². The van der Waals surface area contributed by atoms with Crippen LogP contribution >= 0.6 is 0 Å². The van der Waals surface area contributed by atoms with E-state index in [1.807, 2.05) is 0 Å². The number of rotatable bonds is 7. The highest BCUT2D eigenvalue weighted by atomic mass is 16.4. The highest BCUT2D eigenvalue weighted by Crippen LogP contribution is 1.97. The summed E-state index contributed by atoms with van der Waals surface area (Å²) in [5.41, 5.74) is 15.6. The summed E-state index contributed by atoms with van der Waals surface area (Å²) in [4.78, 5) is 12.8. The molecule has 0 aliphatic rings. The van der Waals surface area contributed by atoms with Crippen LogP contribution in [0.4, 0.5) is 0 Å². The smallest absolute Gasteiger partial charge is 0.320 e. The molecule has 0 saturated carbocycles. The van der Waals surface area contributed by atoms with Crippen molar-refractivity contribution in [1.29, 1.82) is 0 Å². The fourth-order valence-electron chi connectivity index (χ4n) is 0.773. The standard InChI is InChI=1S/C6H13N5O2.CH4/c7-5(6(12)13)3-1-2-4-9-11-10-8;/h5,9H,1-4,7H2,(H,12,13);1H4/t5-;/m1./s1. The van der Waals surface area contributed by atoms with Gasteiger partial charge in [-0.1, -0.05) is 7.43 Å². The molecule has 0 fully saturated rings. The van der Waals surface area contributed by atoms with Gasteiger partial charge < -0.3 is 10.8 Å². The Bertz CT molecular complexity index is 202. The van der Waals surface area contributed by atoms with Crippen LogP contribution in [0.5, 0.6) is 0 Å². The first kappa shape index (κ1) is 15.0. The first-order chi connectivity index (χ1) is 6.18. The van der Waals surface area contributed by atoms with Crippen LogP contribution in [-0.2, 0) is 4.79 Å². The van der Waals surface area contributed by atoms with E-state index in [9.17, 15) is 4.79 Å². The highest BCUT2D eigenvalue weighted by molar-refractivity contribution is 5.72. The molecule has 1 atom stereocenters. The van der Waals surface area contributed by atoms with Gasteiger partial charge in [0.15, 0.2) is 0 Å². The average Bonchev–Trinajstić information content (AvgIpc) is 2.10. The van der Waals surface area contributed by atoms with Crippen LogP contribution in [0.3, 0.4) is 0 Å². The first-order valence-electron chi connectivity index (χ1n) is 3.94. The third kappa shape index (κ3) is 8.63. The van der Waals surface area contributed by atoms with Crippen molar-refractivity contribution in [3.8, 4) is 0 Å². The van der Waals surface area contributed by atoms with Gasteiger partial charge in [0.05, 0.1) is 6.54 Å². The molecular formula is C7H17N5O2. The van der Waals surface area contributed by atoms with E-state index >= 15 is 0 Å². The number of carboxylic acid groups (broad SMARTS) is 1. The lowest BCUT2D eigenvalue weighted by molar-refractivity contribution is -0.138. The van der Waals surface area contributed by atoms with Crippen LogP contribution in [0.1, 0.15) is 26.7 Å². The largest absolute Gasteiger partial charge is 0.480 e. The molecule has 0 aromatic heterocycles. The van der Waals surface area contributed by atoms with Crippen molar-refractivity contribution in [1.82, 2.24) is 5.43 Å². The first-order valence-corrected chi connectivity index (χ1v) is 3.94. The summed E-state index contributed by atoms with van der Waals surface area (Å²) in [7, 11) is 0. The maximum atomic E-state index is 10.3. The monoisotopic (exact) mass is 203 g/mol. The predicted octanol–water partition coefficient (Wildman–Crippen LogP) is 1.02. The lowest BCUT2D eigenvalue weighted by Gasteiger charge is -2.04. The topological polar surface area (TPSA) is 124 Å². The molecule has 0 unspecified atom stereocenters. The summed E-state index contributed by atoms with van der Waals surface area (Å²) < 4.78 is 0. The summed E-state index contributed by atoms with van der Waals surface area (Å²) in [5.74, 6) is -0.983. The van der Waals surface area contributed by atoms with E-state index in [2.05, 4.69) is 15.6 Å². The van der Waals surface area contributed by atoms with Crippen molar-refractivity contribution in [3.63, 3.8) is 0 Å². The Hall–Kier alpha value is -1.46. The molecule has 14 heavy (non-hydrogen) atoms. The summed E-state index contributed by atoms with van der Waals surface area (Å²) >= 11 is 0. The molecule has 82 valence electrons. The summed E-state index contributed by atoms with van der Waals surface area (Å²) in [6, 6.07) is -0.792. The Morgan fingerprint density at radius 3 is 2.79 bits per heavy atom. The minimum Gasteiger partial charge on any atom is -0.480 e. The molecule has 7 heteroatoms. The second-order valence-electron chi connectivity index (χ2n) is 2.54. The van der Waals surface area contributed by atoms with Crippen molar-refractivity contribution >= 4 is 5.97 Å². The summed E-state index contributed by atoms with van der Waals surface area (Å²) in [6.07, 6.45) is 1.87. The third-order valence-corrected chi connectivity index (χ3v) is 1.49. The van der Waals surface area contributed by atoms with Gasteiger partial charge >= 0.3 is 5.97 Å². The Kier molecular flexibility index (Phi) is 10.3. The maximum absolute atomic E-state index is 10.3. The van der Waals surface area contributed by atoms with Crippen molar-refractivity contribution in [3.05, 3.63) is 10.4 Å². The molecule has 0 aromatic carbocycles. The quantitative estimate of drug-likeness (QED) is 0.188. The van der Waals surface area contributed by atoms with Gasteiger partial charge in [0.25, 0.3) is 0 Å². The van der Waals surface area contributed by atoms with E-state index in [1.165, 1.54) is 0 Å². The Morgan fingerprint density at radius 2 is 2.29 bits per heavy atom. The maximum Gasteiger partial charge on any atom is 0.320 e. The molecule has 0 bridgehead atoms. The molecule has 0 aromatic rings. The molecule has 0 spiro atoms. The number of azide groups is 1. The Balaban J connectivity index is 0. The highest BCUT2D eigenvalue weighted by Gasteiger charge is 2.09. The van der Waals surface area contributed by atoms with Crippen LogP contribution < -0.4 is 11.2 Å². The average molecular weight is 203 g/mol. The number of carbonyl (C=O) groups is 1. The molecule has 0 heterocycles. The van der Waals surface area contributed by atoms with Crippen molar-refractivity contribution in [2.24, 2.45) is 11.0 Å². The number of hydrogen-bond acceptors (Lipinski definition) is 3. The van der Waals surface area contributed by atoms with Gasteiger partial charge in [-0.05, 0) is 24.5 Å². The van der Waals surface area contributed by atoms with Crippen LogP contribution in [-0.4, -0.2) is 23.7 Å². The molecule has 0 rings (SSSR count). The minimum absolute atomic E-state index is 0. The fourth-order valence-corrected chi connectivity index (χ4v) is 0.773. The molecule has 0 aliphatic carbocycles. The second-order valence-corrected chi connectivity index (χ2v) is 2.54. The van der Waals surface area contributed by atoms with E-state index in [1.54, 1.807) is 0 Å². The van der Waals surface area contributed by atoms with Gasteiger partial charge in [-0.2, -0.15) is 4.91 Å². The number of hydrogen-bond donors (Lipinski definition) is 3. The summed E-state index contributed by atoms with van der Waals surface area (Å²) in [5, 5.41) is 11.5. The van der Waals surface area contributed by atoms with Crippen molar-refractivity contribution in [2.75, 3.05) is 6.54 Å². The predicted molar refractivity (Wildman–Crippen MR) is 53.3 cm³/mol. The lowest BCUT2D eigenvalue weighted by Crippen LogP contribution is -2.29. The van der Waals surface area contributed by atoms with Crippen LogP contribution in [0.2, 0.25) is 0 Å². The third-order valence-electron chi connectivity index (χ3n) is 1.49. The number of aliphatic carboxylic acids is 1. The zero-order valence-corrected chi connectivity index (χ0v) is 7.18. The zero-order valence-electron chi connectivity index (χ0n) is 7.18. The van der Waals surface area contributed by atoms with Crippen LogP contribution in [0, 0.1) is 0 Å². The van der Waals surface area contributed by atoms with E-state index in [-0.39, 0.29) is 7.43 Å². The second kappa shape index (κ2) is 9.63. The number of carboxylic acids is 1. The van der Waals surface area contributed by atoms with Gasteiger partial charge in [0.2, 0.25) is 0 Å². The van der Waals surface area contributed by atoms with Gasteiger partial charge in [0.1, 0.15) is 6.04 Å². The lowest BCUT2D eigenvalue weighted by atomic mass is 10.1. The van der Waals surface area contributed by atoms with Crippen molar-refractivity contribution in [2.45, 2.75) is 32.7 Å². The number of nitrogens with two attached hydrogens (primary N) is 1. The molecule has 7 nitrogen and oxygen atoms in total. The van der Waals surface area contributed by atoms with Gasteiger partial charge in [0, 0.05) is 0 Å². The SMILES string of the molecule is C.[N-]=[N+]=NNCCCC[C@@H](N)C(=O)O. The normalized spacial score (nSPS) is 10.6. The van der Waals surface area contributed by atoms with E-state index in [0.717, 1.165) is 6.42 Å². The van der Waals surface area contributed by atoms with Gasteiger partial charge in [-0.3, -0.25) is 10.2 Å².